The molecule has 0 spiro atoms. The molecule has 0 aliphatic rings. The average molecular weight is 365 g/mol. The molecule has 3 aromatic carbocycles. The molecule has 3 heteroatoms. The van der Waals surface area contributed by atoms with Crippen molar-refractivity contribution in [2.75, 3.05) is 0 Å². The SMILES string of the molecule is O=C(Cc1c[nH]c2ccccc12)OC(C#Cc1ccccc1)c1ccccc1. The molecule has 1 N–H and O–H groups in total. The molecular weight excluding hydrogens is 346 g/mol. The van der Waals surface area contributed by atoms with Crippen LogP contribution in [0.4, 0.5) is 0 Å². The third-order valence-electron chi connectivity index (χ3n) is 4.48. The molecule has 28 heavy (non-hydrogen) atoms. The lowest BCUT2D eigenvalue weighted by Crippen LogP contribution is -2.12. The molecule has 0 aliphatic carbocycles. The Morgan fingerprint density at radius 1 is 0.893 bits per heavy atom. The number of fused-ring (bicyclic) bond motifs is 1. The third kappa shape index (κ3) is 4.13. The molecular formula is C25H19NO2. The summed E-state index contributed by atoms with van der Waals surface area (Å²) >= 11 is 0. The predicted molar refractivity (Wildman–Crippen MR) is 111 cm³/mol. The quantitative estimate of drug-likeness (QED) is 0.406. The van der Waals surface area contributed by atoms with Crippen LogP contribution in [-0.4, -0.2) is 11.0 Å². The van der Waals surface area contributed by atoms with E-state index in [1.165, 1.54) is 0 Å². The van der Waals surface area contributed by atoms with Crippen molar-refractivity contribution < 1.29 is 9.53 Å². The van der Waals surface area contributed by atoms with Crippen LogP contribution >= 0.6 is 0 Å². The molecule has 1 atom stereocenters. The van der Waals surface area contributed by atoms with E-state index in [4.69, 9.17) is 4.74 Å². The van der Waals surface area contributed by atoms with Crippen molar-refractivity contribution in [1.29, 1.82) is 0 Å². The fourth-order valence-corrected chi connectivity index (χ4v) is 3.09. The normalized spacial score (nSPS) is 11.4. The summed E-state index contributed by atoms with van der Waals surface area (Å²) in [5.41, 5.74) is 3.67. The number of H-pyrrole nitrogens is 1. The van der Waals surface area contributed by atoms with E-state index in [0.717, 1.165) is 27.6 Å². The number of benzene rings is 3. The minimum atomic E-state index is -0.612. The van der Waals surface area contributed by atoms with Crippen molar-refractivity contribution >= 4 is 16.9 Å². The Bertz CT molecular complexity index is 1130. The molecule has 0 saturated heterocycles. The number of esters is 1. The molecule has 0 aliphatic heterocycles. The lowest BCUT2D eigenvalue weighted by Gasteiger charge is -2.13. The second-order valence-corrected chi connectivity index (χ2v) is 6.45. The number of nitrogens with one attached hydrogen (secondary N) is 1. The number of para-hydroxylation sites is 1. The van der Waals surface area contributed by atoms with E-state index in [0.29, 0.717) is 0 Å². The van der Waals surface area contributed by atoms with Crippen molar-refractivity contribution in [3.8, 4) is 11.8 Å². The Kier molecular flexibility index (Phi) is 5.22. The third-order valence-corrected chi connectivity index (χ3v) is 4.48. The first-order valence-electron chi connectivity index (χ1n) is 9.15. The summed E-state index contributed by atoms with van der Waals surface area (Å²) in [6.07, 6.45) is 1.44. The van der Waals surface area contributed by atoms with E-state index >= 15 is 0 Å². The van der Waals surface area contributed by atoms with Gasteiger partial charge in [0.05, 0.1) is 6.42 Å². The van der Waals surface area contributed by atoms with Gasteiger partial charge in [-0.15, -0.1) is 0 Å². The van der Waals surface area contributed by atoms with Crippen molar-refractivity contribution in [3.05, 3.63) is 108 Å². The smallest absolute Gasteiger partial charge is 0.311 e. The zero-order chi connectivity index (χ0) is 19.2. The Morgan fingerprint density at radius 2 is 1.57 bits per heavy atom. The highest BCUT2D eigenvalue weighted by Gasteiger charge is 2.16. The van der Waals surface area contributed by atoms with Gasteiger partial charge >= 0.3 is 5.97 Å². The van der Waals surface area contributed by atoms with E-state index in [9.17, 15) is 4.79 Å². The van der Waals surface area contributed by atoms with Crippen LogP contribution in [-0.2, 0) is 16.0 Å². The Hall–Kier alpha value is -3.77. The van der Waals surface area contributed by atoms with Crippen molar-refractivity contribution in [2.45, 2.75) is 12.5 Å². The lowest BCUT2D eigenvalue weighted by molar-refractivity contribution is -0.145. The van der Waals surface area contributed by atoms with Crippen molar-refractivity contribution in [1.82, 2.24) is 4.98 Å². The first-order valence-corrected chi connectivity index (χ1v) is 9.15. The number of ether oxygens (including phenoxy) is 1. The summed E-state index contributed by atoms with van der Waals surface area (Å²) in [6.45, 7) is 0. The summed E-state index contributed by atoms with van der Waals surface area (Å²) in [4.78, 5) is 15.8. The highest BCUT2D eigenvalue weighted by molar-refractivity contribution is 5.87. The molecule has 4 rings (SSSR count). The number of aromatic nitrogens is 1. The van der Waals surface area contributed by atoms with Crippen molar-refractivity contribution in [2.24, 2.45) is 0 Å². The summed E-state index contributed by atoms with van der Waals surface area (Å²) in [7, 11) is 0. The zero-order valence-electron chi connectivity index (χ0n) is 15.3. The molecule has 0 radical (unpaired) electrons. The van der Waals surface area contributed by atoms with Crippen LogP contribution in [0.5, 0.6) is 0 Å². The molecule has 0 saturated carbocycles. The molecule has 3 nitrogen and oxygen atoms in total. The lowest BCUT2D eigenvalue weighted by atomic mass is 10.1. The predicted octanol–water partition coefficient (Wildman–Crippen LogP) is 5.05. The van der Waals surface area contributed by atoms with Crippen LogP contribution in [0.2, 0.25) is 0 Å². The van der Waals surface area contributed by atoms with Gasteiger partial charge in [0, 0.05) is 28.2 Å². The van der Waals surface area contributed by atoms with Crippen LogP contribution in [0, 0.1) is 11.8 Å². The molecule has 136 valence electrons. The number of rotatable bonds is 4. The second-order valence-electron chi connectivity index (χ2n) is 6.45. The maximum absolute atomic E-state index is 12.6. The van der Waals surface area contributed by atoms with Crippen LogP contribution in [0.15, 0.2) is 91.1 Å². The second kappa shape index (κ2) is 8.28. The highest BCUT2D eigenvalue weighted by Crippen LogP contribution is 2.21. The number of hydrogen-bond acceptors (Lipinski definition) is 2. The van der Waals surface area contributed by atoms with Crippen LogP contribution in [0.1, 0.15) is 22.8 Å². The minimum absolute atomic E-state index is 0.195. The Balaban J connectivity index is 1.55. The van der Waals surface area contributed by atoms with Gasteiger partial charge in [-0.3, -0.25) is 4.79 Å². The number of hydrogen-bond donors (Lipinski definition) is 1. The van der Waals surface area contributed by atoms with E-state index in [-0.39, 0.29) is 12.4 Å². The fourth-order valence-electron chi connectivity index (χ4n) is 3.09. The van der Waals surface area contributed by atoms with Crippen LogP contribution in [0.3, 0.4) is 0 Å². The number of aromatic amines is 1. The first-order chi connectivity index (χ1) is 13.8. The largest absolute Gasteiger partial charge is 0.444 e. The van der Waals surface area contributed by atoms with Gasteiger partial charge < -0.3 is 9.72 Å². The van der Waals surface area contributed by atoms with Crippen molar-refractivity contribution in [3.63, 3.8) is 0 Å². The van der Waals surface area contributed by atoms with Gasteiger partial charge in [0.2, 0.25) is 0 Å². The number of carbonyl (C=O) groups excluding carboxylic acids is 1. The van der Waals surface area contributed by atoms with Crippen LogP contribution < -0.4 is 0 Å². The first kappa shape index (κ1) is 17.6. The van der Waals surface area contributed by atoms with Gasteiger partial charge in [-0.25, -0.2) is 0 Å². The van der Waals surface area contributed by atoms with Crippen LogP contribution in [0.25, 0.3) is 10.9 Å². The Morgan fingerprint density at radius 3 is 2.36 bits per heavy atom. The summed E-state index contributed by atoms with van der Waals surface area (Å²) in [5, 5.41) is 1.03. The summed E-state index contributed by atoms with van der Waals surface area (Å²) < 4.78 is 5.75. The van der Waals surface area contributed by atoms with E-state index in [2.05, 4.69) is 16.8 Å². The van der Waals surface area contributed by atoms with Gasteiger partial charge in [-0.2, -0.15) is 0 Å². The standard InChI is InChI=1S/C25H19NO2/c27-25(17-21-18-26-23-14-8-7-13-22(21)23)28-24(20-11-5-2-6-12-20)16-15-19-9-3-1-4-10-19/h1-14,18,24,26H,17H2. The minimum Gasteiger partial charge on any atom is -0.444 e. The topological polar surface area (TPSA) is 42.1 Å². The van der Waals surface area contributed by atoms with Gasteiger partial charge in [-0.05, 0) is 29.7 Å². The van der Waals surface area contributed by atoms with E-state index in [1.54, 1.807) is 0 Å². The monoisotopic (exact) mass is 365 g/mol. The summed E-state index contributed by atoms with van der Waals surface area (Å²) in [5.74, 6) is 5.90. The molecule has 0 amide bonds. The maximum Gasteiger partial charge on any atom is 0.311 e. The summed E-state index contributed by atoms with van der Waals surface area (Å²) in [6, 6.07) is 27.2. The van der Waals surface area contributed by atoms with Gasteiger partial charge in [0.15, 0.2) is 6.10 Å². The zero-order valence-corrected chi connectivity index (χ0v) is 15.3. The van der Waals surface area contributed by atoms with Gasteiger partial charge in [0.1, 0.15) is 0 Å². The average Bonchev–Trinajstić information content (AvgIpc) is 3.15. The number of carbonyl (C=O) groups is 1. The molecule has 4 aromatic rings. The maximum atomic E-state index is 12.6. The van der Waals surface area contributed by atoms with E-state index < -0.39 is 6.10 Å². The Labute approximate surface area is 164 Å². The highest BCUT2D eigenvalue weighted by atomic mass is 16.5. The van der Waals surface area contributed by atoms with Gasteiger partial charge in [0.25, 0.3) is 0 Å². The molecule has 1 unspecified atom stereocenters. The van der Waals surface area contributed by atoms with Gasteiger partial charge in [-0.1, -0.05) is 72.7 Å². The molecule has 0 bridgehead atoms. The van der Waals surface area contributed by atoms with E-state index in [1.807, 2.05) is 91.1 Å². The fraction of sp³-hybridized carbons (Fsp3) is 0.0800. The molecule has 0 fully saturated rings. The molecule has 1 aromatic heterocycles. The molecule has 1 heterocycles.